The molecule has 4 rings (SSSR count). The predicted octanol–water partition coefficient (Wildman–Crippen LogP) is 2.89. The van der Waals surface area contributed by atoms with Crippen molar-refractivity contribution in [2.75, 3.05) is 30.6 Å². The van der Waals surface area contributed by atoms with Crippen LogP contribution in [0.2, 0.25) is 0 Å². The summed E-state index contributed by atoms with van der Waals surface area (Å²) in [6.45, 7) is 11.3. The fourth-order valence-electron chi connectivity index (χ4n) is 6.21. The Morgan fingerprint density at radius 2 is 1.76 bits per heavy atom. The van der Waals surface area contributed by atoms with E-state index in [9.17, 15) is 23.1 Å². The number of aromatic nitrogens is 2. The van der Waals surface area contributed by atoms with Gasteiger partial charge >= 0.3 is 0 Å². The lowest BCUT2D eigenvalue weighted by atomic mass is 9.79. The standard InChI is InChI=1S/C29H44N6O5S.ClH/c1-7-8-15-35-27(37)24(26(36)18(2)3)30-28(38)29(35)13-16-34(17-14-29)25(23-19(4)31-32-20(23)5)21-9-11-22(12-10-21)33-41(6,39)40;/h9-12,18,24-26,33,36H,7-8,13-17H2,1-6H3,(H,30,38)(H,31,32);1H/t24-,25?,26-;/m1./s1. The molecule has 2 saturated heterocycles. The van der Waals surface area contributed by atoms with Gasteiger partial charge in [-0.15, -0.1) is 12.4 Å². The number of likely N-dealkylation sites (tertiary alicyclic amines) is 1. The molecule has 0 aliphatic carbocycles. The quantitative estimate of drug-likeness (QED) is 0.318. The fraction of sp³-hybridized carbons (Fsp3) is 0.621. The van der Waals surface area contributed by atoms with E-state index in [0.717, 1.165) is 41.6 Å². The van der Waals surface area contributed by atoms with Crippen molar-refractivity contribution in [1.29, 1.82) is 0 Å². The highest BCUT2D eigenvalue weighted by molar-refractivity contribution is 7.92. The maximum absolute atomic E-state index is 13.8. The Morgan fingerprint density at radius 1 is 1.14 bits per heavy atom. The Kier molecular flexibility index (Phi) is 10.7. The summed E-state index contributed by atoms with van der Waals surface area (Å²) in [5.74, 6) is -0.574. The van der Waals surface area contributed by atoms with Crippen LogP contribution in [-0.4, -0.2) is 88.9 Å². The third kappa shape index (κ3) is 6.77. The number of nitrogens with zero attached hydrogens (tertiary/aromatic N) is 3. The number of aromatic amines is 1. The molecule has 3 heterocycles. The molecule has 0 radical (unpaired) electrons. The van der Waals surface area contributed by atoms with Gasteiger partial charge in [-0.25, -0.2) is 8.42 Å². The molecule has 2 aliphatic rings. The zero-order valence-corrected chi connectivity index (χ0v) is 26.9. The van der Waals surface area contributed by atoms with E-state index in [1.54, 1.807) is 17.0 Å². The molecule has 1 spiro atoms. The molecule has 3 atom stereocenters. The number of sulfonamides is 1. The van der Waals surface area contributed by atoms with Crippen LogP contribution in [-0.2, 0) is 19.6 Å². The molecule has 1 unspecified atom stereocenters. The summed E-state index contributed by atoms with van der Waals surface area (Å²) in [6.07, 6.45) is 2.74. The molecular formula is C29H45ClN6O5S. The maximum Gasteiger partial charge on any atom is 0.248 e. The molecule has 2 aromatic rings. The molecule has 2 amide bonds. The van der Waals surface area contributed by atoms with Gasteiger partial charge in [0.15, 0.2) is 0 Å². The SMILES string of the molecule is CCCCN1C(=O)[C@@H]([C@H](O)C(C)C)NC(=O)C12CCN(C(c1ccc(NS(C)(=O)=O)cc1)c1c(C)n[nH]c1C)CC2.Cl. The maximum atomic E-state index is 13.8. The molecule has 1 aromatic heterocycles. The average Bonchev–Trinajstić information content (AvgIpc) is 3.24. The number of carbonyl (C=O) groups excluding carboxylic acids is 2. The average molecular weight is 625 g/mol. The van der Waals surface area contributed by atoms with Crippen LogP contribution in [0.1, 0.15) is 75.0 Å². The summed E-state index contributed by atoms with van der Waals surface area (Å²) in [7, 11) is -3.40. The van der Waals surface area contributed by atoms with Crippen LogP contribution in [0.3, 0.4) is 0 Å². The lowest BCUT2D eigenvalue weighted by molar-refractivity contribution is -0.165. The van der Waals surface area contributed by atoms with E-state index in [0.29, 0.717) is 38.2 Å². The highest BCUT2D eigenvalue weighted by atomic mass is 35.5. The van der Waals surface area contributed by atoms with Gasteiger partial charge in [-0.2, -0.15) is 5.10 Å². The number of H-pyrrole nitrogens is 1. The first-order valence-corrected chi connectivity index (χ1v) is 16.3. The van der Waals surface area contributed by atoms with Crippen molar-refractivity contribution in [3.05, 3.63) is 46.8 Å². The summed E-state index contributed by atoms with van der Waals surface area (Å²) in [4.78, 5) is 31.5. The van der Waals surface area contributed by atoms with Crippen LogP contribution < -0.4 is 10.0 Å². The highest BCUT2D eigenvalue weighted by Gasteiger charge is 2.55. The van der Waals surface area contributed by atoms with Gasteiger partial charge in [-0.3, -0.25) is 24.3 Å². The minimum absolute atomic E-state index is 0. The topological polar surface area (TPSA) is 148 Å². The highest BCUT2D eigenvalue weighted by Crippen LogP contribution is 2.40. The number of aliphatic hydroxyl groups is 1. The number of piperazine rings is 1. The van der Waals surface area contributed by atoms with Crippen LogP contribution in [0.4, 0.5) is 5.69 Å². The Labute approximate surface area is 255 Å². The van der Waals surface area contributed by atoms with Gasteiger partial charge < -0.3 is 15.3 Å². The van der Waals surface area contributed by atoms with E-state index in [4.69, 9.17) is 0 Å². The molecular weight excluding hydrogens is 580 g/mol. The van der Waals surface area contributed by atoms with Crippen molar-refractivity contribution in [3.8, 4) is 0 Å². The van der Waals surface area contributed by atoms with Gasteiger partial charge in [0.1, 0.15) is 11.6 Å². The molecule has 1 aromatic carbocycles. The summed E-state index contributed by atoms with van der Waals surface area (Å²) in [5, 5.41) is 21.1. The van der Waals surface area contributed by atoms with Crippen LogP contribution in [0.25, 0.3) is 0 Å². The number of amides is 2. The monoisotopic (exact) mass is 624 g/mol. The second-order valence-electron chi connectivity index (χ2n) is 11.8. The third-order valence-electron chi connectivity index (χ3n) is 8.50. The zero-order chi connectivity index (χ0) is 30.1. The van der Waals surface area contributed by atoms with Crippen molar-refractivity contribution < 1.29 is 23.1 Å². The predicted molar refractivity (Wildman–Crippen MR) is 165 cm³/mol. The Balaban J connectivity index is 0.00000484. The largest absolute Gasteiger partial charge is 0.390 e. The number of anilines is 1. The number of hydrogen-bond acceptors (Lipinski definition) is 7. The number of halogens is 1. The van der Waals surface area contributed by atoms with Crippen LogP contribution in [0, 0.1) is 19.8 Å². The zero-order valence-electron chi connectivity index (χ0n) is 25.3. The van der Waals surface area contributed by atoms with Gasteiger partial charge in [0.05, 0.1) is 24.1 Å². The van der Waals surface area contributed by atoms with Crippen LogP contribution in [0.15, 0.2) is 24.3 Å². The summed E-state index contributed by atoms with van der Waals surface area (Å²) in [6, 6.07) is 6.21. The number of unbranched alkanes of at least 4 members (excludes halogenated alkanes) is 1. The van der Waals surface area contributed by atoms with Gasteiger partial charge in [0, 0.05) is 36.6 Å². The van der Waals surface area contributed by atoms with Crippen molar-refractivity contribution in [2.24, 2.45) is 5.92 Å². The van der Waals surface area contributed by atoms with Gasteiger partial charge in [0.2, 0.25) is 21.8 Å². The number of nitrogens with one attached hydrogen (secondary N) is 3. The van der Waals surface area contributed by atoms with Crippen molar-refractivity contribution >= 4 is 39.9 Å². The number of piperidine rings is 1. The number of carbonyl (C=O) groups is 2. The van der Waals surface area contributed by atoms with Gasteiger partial charge in [-0.1, -0.05) is 39.3 Å². The van der Waals surface area contributed by atoms with Crippen molar-refractivity contribution in [3.63, 3.8) is 0 Å². The lowest BCUT2D eigenvalue weighted by Gasteiger charge is -2.53. The summed E-state index contributed by atoms with van der Waals surface area (Å²) >= 11 is 0. The molecule has 2 fully saturated rings. The molecule has 0 bridgehead atoms. The second kappa shape index (κ2) is 13.3. The molecule has 0 saturated carbocycles. The first kappa shape index (κ1) is 33.8. The Hall–Kier alpha value is -2.67. The van der Waals surface area contributed by atoms with E-state index in [1.807, 2.05) is 39.8 Å². The van der Waals surface area contributed by atoms with E-state index in [-0.39, 0.29) is 36.2 Å². The van der Waals surface area contributed by atoms with Crippen molar-refractivity contribution in [2.45, 2.75) is 84.0 Å². The number of rotatable bonds is 10. The fourth-order valence-corrected chi connectivity index (χ4v) is 6.78. The molecule has 2 aliphatic heterocycles. The number of aliphatic hydroxyl groups excluding tert-OH is 1. The summed E-state index contributed by atoms with van der Waals surface area (Å²) < 4.78 is 25.9. The molecule has 13 heteroatoms. The minimum atomic E-state index is -3.40. The van der Waals surface area contributed by atoms with E-state index in [2.05, 4.69) is 32.1 Å². The first-order valence-electron chi connectivity index (χ1n) is 14.4. The molecule has 42 heavy (non-hydrogen) atoms. The molecule has 234 valence electrons. The Bertz CT molecular complexity index is 1340. The van der Waals surface area contributed by atoms with Crippen LogP contribution >= 0.6 is 12.4 Å². The Morgan fingerprint density at radius 3 is 2.26 bits per heavy atom. The second-order valence-corrected chi connectivity index (χ2v) is 13.6. The number of hydrogen-bond donors (Lipinski definition) is 4. The third-order valence-corrected chi connectivity index (χ3v) is 9.10. The normalized spacial score (nSPS) is 20.8. The number of benzene rings is 1. The van der Waals surface area contributed by atoms with E-state index in [1.165, 1.54) is 0 Å². The van der Waals surface area contributed by atoms with E-state index >= 15 is 0 Å². The molecule has 11 nitrogen and oxygen atoms in total. The first-order chi connectivity index (χ1) is 19.3. The number of aryl methyl sites for hydroxylation is 2. The van der Waals surface area contributed by atoms with Gasteiger partial charge in [-0.05, 0) is 56.7 Å². The molecule has 4 N–H and O–H groups in total. The van der Waals surface area contributed by atoms with Gasteiger partial charge in [0.25, 0.3) is 0 Å². The summed E-state index contributed by atoms with van der Waals surface area (Å²) in [5.41, 5.74) is 3.33. The smallest absolute Gasteiger partial charge is 0.248 e. The van der Waals surface area contributed by atoms with Crippen LogP contribution in [0.5, 0.6) is 0 Å². The minimum Gasteiger partial charge on any atom is -0.390 e. The van der Waals surface area contributed by atoms with Crippen molar-refractivity contribution in [1.82, 2.24) is 25.3 Å². The lowest BCUT2D eigenvalue weighted by Crippen LogP contribution is -2.75. The van der Waals surface area contributed by atoms with E-state index < -0.39 is 27.7 Å².